The van der Waals surface area contributed by atoms with Crippen molar-refractivity contribution in [1.82, 2.24) is 9.80 Å². The second-order valence-corrected chi connectivity index (χ2v) is 4.14. The van der Waals surface area contributed by atoms with Gasteiger partial charge in [-0.25, -0.2) is 9.69 Å². The molecule has 1 aromatic rings. The molecule has 0 radical (unpaired) electrons. The molecule has 0 bridgehead atoms. The lowest BCUT2D eigenvalue weighted by Gasteiger charge is -2.13. The fourth-order valence-electron chi connectivity index (χ4n) is 1.83. The minimum Gasteiger partial charge on any atom is -0.325 e. The molecule has 20 heavy (non-hydrogen) atoms. The number of rotatable bonds is 4. The lowest BCUT2D eigenvalue weighted by Crippen LogP contribution is -2.38. The molecule has 1 heterocycles. The Morgan fingerprint density at radius 1 is 1.05 bits per heavy atom. The van der Waals surface area contributed by atoms with Crippen molar-refractivity contribution in [2.75, 3.05) is 18.4 Å². The fraction of sp³-hybridized carbons (Fsp3) is 0.231. The maximum Gasteiger partial charge on any atom is 0.334 e. The van der Waals surface area contributed by atoms with E-state index in [1.165, 1.54) is 0 Å². The summed E-state index contributed by atoms with van der Waals surface area (Å²) in [5.41, 5.74) is 0.551. The molecule has 7 nitrogen and oxygen atoms in total. The summed E-state index contributed by atoms with van der Waals surface area (Å²) in [5, 5.41) is 2.54. The number of likely N-dealkylation sites (N-methyl/N-ethyl adjacent to an activating group) is 1. The summed E-state index contributed by atoms with van der Waals surface area (Å²) in [6, 6.07) is 7.87. The van der Waals surface area contributed by atoms with Crippen LogP contribution in [0.1, 0.15) is 6.92 Å². The zero-order valence-electron chi connectivity index (χ0n) is 10.8. The normalized spacial score (nSPS) is 14.9. The third-order valence-electron chi connectivity index (χ3n) is 2.81. The van der Waals surface area contributed by atoms with E-state index in [0.29, 0.717) is 10.6 Å². The average Bonchev–Trinajstić information content (AvgIpc) is 2.64. The van der Waals surface area contributed by atoms with Crippen LogP contribution >= 0.6 is 0 Å². The summed E-state index contributed by atoms with van der Waals surface area (Å²) in [6.07, 6.45) is 0. The Labute approximate surface area is 115 Å². The highest BCUT2D eigenvalue weighted by Crippen LogP contribution is 2.12. The molecule has 0 unspecified atom stereocenters. The quantitative estimate of drug-likeness (QED) is 0.638. The average molecular weight is 275 g/mol. The Kier molecular flexibility index (Phi) is 3.79. The van der Waals surface area contributed by atoms with Gasteiger partial charge < -0.3 is 5.32 Å². The molecule has 1 aliphatic rings. The van der Waals surface area contributed by atoms with Gasteiger partial charge in [-0.2, -0.15) is 0 Å². The number of para-hydroxylation sites is 1. The van der Waals surface area contributed by atoms with Crippen LogP contribution in [0.5, 0.6) is 0 Å². The van der Waals surface area contributed by atoms with Crippen LogP contribution in [0, 0.1) is 0 Å². The van der Waals surface area contributed by atoms with Gasteiger partial charge in [-0.15, -0.1) is 0 Å². The number of nitrogens with one attached hydrogen (secondary N) is 1. The van der Waals surface area contributed by atoms with Crippen molar-refractivity contribution in [3.63, 3.8) is 0 Å². The van der Waals surface area contributed by atoms with E-state index in [1.54, 1.807) is 37.3 Å². The van der Waals surface area contributed by atoms with Crippen molar-refractivity contribution in [3.8, 4) is 0 Å². The molecule has 7 heteroatoms. The number of nitrogens with zero attached hydrogens (tertiary/aromatic N) is 2. The van der Waals surface area contributed by atoms with Gasteiger partial charge in [0.05, 0.1) is 0 Å². The highest BCUT2D eigenvalue weighted by molar-refractivity contribution is 6.45. The van der Waals surface area contributed by atoms with E-state index in [4.69, 9.17) is 0 Å². The van der Waals surface area contributed by atoms with Gasteiger partial charge in [0.25, 0.3) is 0 Å². The molecule has 0 atom stereocenters. The van der Waals surface area contributed by atoms with Crippen molar-refractivity contribution < 1.29 is 19.2 Å². The number of carbonyl (C=O) groups is 4. The van der Waals surface area contributed by atoms with Gasteiger partial charge >= 0.3 is 17.8 Å². The highest BCUT2D eigenvalue weighted by Gasteiger charge is 2.44. The summed E-state index contributed by atoms with van der Waals surface area (Å²) in [5.74, 6) is -2.41. The van der Waals surface area contributed by atoms with Gasteiger partial charge in [0.2, 0.25) is 5.91 Å². The van der Waals surface area contributed by atoms with Crippen LogP contribution in [0.2, 0.25) is 0 Å². The molecule has 1 N–H and O–H groups in total. The van der Waals surface area contributed by atoms with E-state index < -0.39 is 30.3 Å². The summed E-state index contributed by atoms with van der Waals surface area (Å²) in [4.78, 5) is 48.1. The Balaban J connectivity index is 2.03. The molecule has 1 aromatic carbocycles. The first-order valence-corrected chi connectivity index (χ1v) is 6.06. The van der Waals surface area contributed by atoms with E-state index in [0.717, 1.165) is 4.90 Å². The molecule has 1 aliphatic heterocycles. The van der Waals surface area contributed by atoms with Gasteiger partial charge in [0.1, 0.15) is 6.54 Å². The number of imide groups is 2. The Morgan fingerprint density at radius 2 is 1.65 bits per heavy atom. The van der Waals surface area contributed by atoms with Crippen molar-refractivity contribution in [2.24, 2.45) is 0 Å². The topological polar surface area (TPSA) is 86.8 Å². The number of urea groups is 1. The molecule has 5 amide bonds. The van der Waals surface area contributed by atoms with Crippen molar-refractivity contribution in [1.29, 1.82) is 0 Å². The number of benzene rings is 1. The molecule has 0 aliphatic carbocycles. The zero-order chi connectivity index (χ0) is 14.7. The molecular weight excluding hydrogens is 262 g/mol. The van der Waals surface area contributed by atoms with Crippen LogP contribution < -0.4 is 5.32 Å². The Hall–Kier alpha value is -2.70. The van der Waals surface area contributed by atoms with Gasteiger partial charge in [0.15, 0.2) is 0 Å². The maximum atomic E-state index is 11.8. The molecule has 0 saturated carbocycles. The van der Waals surface area contributed by atoms with Crippen molar-refractivity contribution >= 4 is 29.4 Å². The minimum absolute atomic E-state index is 0.0974. The van der Waals surface area contributed by atoms with Gasteiger partial charge in [-0.1, -0.05) is 18.2 Å². The monoisotopic (exact) mass is 275 g/mol. The summed E-state index contributed by atoms with van der Waals surface area (Å²) in [6.45, 7) is 1.20. The first-order chi connectivity index (χ1) is 9.54. The molecular formula is C13H13N3O4. The van der Waals surface area contributed by atoms with Crippen LogP contribution in [0.3, 0.4) is 0 Å². The van der Waals surface area contributed by atoms with Crippen molar-refractivity contribution in [3.05, 3.63) is 30.3 Å². The van der Waals surface area contributed by atoms with E-state index >= 15 is 0 Å². The van der Waals surface area contributed by atoms with Gasteiger partial charge in [-0.3, -0.25) is 19.3 Å². The fourth-order valence-corrected chi connectivity index (χ4v) is 1.83. The SMILES string of the molecule is CCN1C(=O)C(=O)N(CC(=O)Nc2ccccc2)C1=O. The second kappa shape index (κ2) is 5.52. The third kappa shape index (κ3) is 2.51. The molecule has 0 aromatic heterocycles. The lowest BCUT2D eigenvalue weighted by molar-refractivity contribution is -0.143. The first kappa shape index (κ1) is 13.7. The zero-order valence-corrected chi connectivity index (χ0v) is 10.8. The van der Waals surface area contributed by atoms with E-state index in [2.05, 4.69) is 5.32 Å². The maximum absolute atomic E-state index is 11.8. The highest BCUT2D eigenvalue weighted by atomic mass is 16.2. The Morgan fingerprint density at radius 3 is 2.20 bits per heavy atom. The number of anilines is 1. The lowest BCUT2D eigenvalue weighted by atomic mass is 10.3. The summed E-state index contributed by atoms with van der Waals surface area (Å²) < 4.78 is 0. The first-order valence-electron chi connectivity index (χ1n) is 6.06. The van der Waals surface area contributed by atoms with Crippen LogP contribution in [-0.4, -0.2) is 46.6 Å². The largest absolute Gasteiger partial charge is 0.334 e. The molecule has 2 rings (SSSR count). The van der Waals surface area contributed by atoms with Crippen LogP contribution in [0.4, 0.5) is 10.5 Å². The predicted octanol–water partition coefficient (Wildman–Crippen LogP) is 0.436. The Bertz CT molecular complexity index is 570. The van der Waals surface area contributed by atoms with Crippen LogP contribution in [-0.2, 0) is 14.4 Å². The van der Waals surface area contributed by atoms with Gasteiger partial charge in [0, 0.05) is 12.2 Å². The summed E-state index contributed by atoms with van der Waals surface area (Å²) in [7, 11) is 0. The van der Waals surface area contributed by atoms with Crippen molar-refractivity contribution in [2.45, 2.75) is 6.92 Å². The van der Waals surface area contributed by atoms with E-state index in [1.807, 2.05) is 0 Å². The molecule has 1 saturated heterocycles. The number of carbonyl (C=O) groups excluding carboxylic acids is 4. The number of hydrogen-bond donors (Lipinski definition) is 1. The molecule has 0 spiro atoms. The second-order valence-electron chi connectivity index (χ2n) is 4.14. The third-order valence-corrected chi connectivity index (χ3v) is 2.81. The van der Waals surface area contributed by atoms with Crippen LogP contribution in [0.15, 0.2) is 30.3 Å². The molecule has 1 fully saturated rings. The predicted molar refractivity (Wildman–Crippen MR) is 69.6 cm³/mol. The number of hydrogen-bond acceptors (Lipinski definition) is 4. The standard InChI is InChI=1S/C13H13N3O4/c1-2-15-11(18)12(19)16(13(15)20)8-10(17)14-9-6-4-3-5-7-9/h3-7H,2,8H2,1H3,(H,14,17). The number of amides is 5. The smallest absolute Gasteiger partial charge is 0.325 e. The molecule has 104 valence electrons. The van der Waals surface area contributed by atoms with Gasteiger partial charge in [-0.05, 0) is 19.1 Å². The summed E-state index contributed by atoms with van der Waals surface area (Å²) >= 11 is 0. The minimum atomic E-state index is -0.972. The van der Waals surface area contributed by atoms with E-state index in [9.17, 15) is 19.2 Å². The van der Waals surface area contributed by atoms with E-state index in [-0.39, 0.29) is 6.54 Å². The van der Waals surface area contributed by atoms with Crippen LogP contribution in [0.25, 0.3) is 0 Å².